The summed E-state index contributed by atoms with van der Waals surface area (Å²) < 4.78 is 2.27. The molecule has 0 amide bonds. The predicted molar refractivity (Wildman–Crippen MR) is 72.4 cm³/mol. The van der Waals surface area contributed by atoms with Crippen molar-refractivity contribution < 1.29 is 0 Å². The van der Waals surface area contributed by atoms with E-state index in [0.717, 1.165) is 31.7 Å². The van der Waals surface area contributed by atoms with Crippen molar-refractivity contribution in [3.63, 3.8) is 0 Å². The summed E-state index contributed by atoms with van der Waals surface area (Å²) in [6, 6.07) is 0.321. The van der Waals surface area contributed by atoms with Crippen LogP contribution in [0, 0.1) is 5.92 Å². The Morgan fingerprint density at radius 3 is 3.06 bits per heavy atom. The Morgan fingerprint density at radius 1 is 1.39 bits per heavy atom. The van der Waals surface area contributed by atoms with Crippen molar-refractivity contribution in [3.8, 4) is 0 Å². The van der Waals surface area contributed by atoms with E-state index < -0.39 is 0 Å². The lowest BCUT2D eigenvalue weighted by atomic mass is 10.0. The highest BCUT2D eigenvalue weighted by atomic mass is 15.1. The third-order valence-electron chi connectivity index (χ3n) is 4.39. The maximum atomic E-state index is 6.00. The molecule has 1 fully saturated rings. The number of imidazole rings is 1. The van der Waals surface area contributed by atoms with Crippen molar-refractivity contribution in [2.24, 2.45) is 11.7 Å². The van der Waals surface area contributed by atoms with E-state index in [9.17, 15) is 0 Å². The van der Waals surface area contributed by atoms with Gasteiger partial charge in [0.2, 0.25) is 0 Å². The minimum atomic E-state index is 0.321. The van der Waals surface area contributed by atoms with E-state index in [1.54, 1.807) is 0 Å². The zero-order valence-electron chi connectivity index (χ0n) is 11.3. The third-order valence-corrected chi connectivity index (χ3v) is 4.39. The van der Waals surface area contributed by atoms with Gasteiger partial charge in [-0.25, -0.2) is 4.98 Å². The first-order valence-corrected chi connectivity index (χ1v) is 7.27. The number of rotatable bonds is 3. The van der Waals surface area contributed by atoms with E-state index in [2.05, 4.69) is 22.6 Å². The number of fused-ring (bicyclic) bond motifs is 1. The standard InChI is InChI=1S/C14H24N4/c1-2-17-6-5-11(8-17)7-13-10-18-9-12(15)3-4-14(18)16-13/h10-12H,2-9,15H2,1H3. The van der Waals surface area contributed by atoms with Crippen LogP contribution in [0.1, 0.15) is 31.3 Å². The highest BCUT2D eigenvalue weighted by Gasteiger charge is 2.23. The van der Waals surface area contributed by atoms with E-state index in [1.807, 2.05) is 0 Å². The summed E-state index contributed by atoms with van der Waals surface area (Å²) >= 11 is 0. The molecule has 18 heavy (non-hydrogen) atoms. The zero-order valence-corrected chi connectivity index (χ0v) is 11.3. The molecule has 4 heteroatoms. The molecular formula is C14H24N4. The minimum Gasteiger partial charge on any atom is -0.333 e. The molecule has 4 nitrogen and oxygen atoms in total. The summed E-state index contributed by atoms with van der Waals surface area (Å²) in [5.74, 6) is 2.05. The van der Waals surface area contributed by atoms with Gasteiger partial charge in [0, 0.05) is 31.7 Å². The summed E-state index contributed by atoms with van der Waals surface area (Å²) in [5, 5.41) is 0. The lowest BCUT2D eigenvalue weighted by Crippen LogP contribution is -2.31. The van der Waals surface area contributed by atoms with Crippen LogP contribution in [0.4, 0.5) is 0 Å². The highest BCUT2D eigenvalue weighted by molar-refractivity contribution is 5.08. The largest absolute Gasteiger partial charge is 0.333 e. The van der Waals surface area contributed by atoms with Gasteiger partial charge in [0.1, 0.15) is 5.82 Å². The van der Waals surface area contributed by atoms with Crippen molar-refractivity contribution in [1.82, 2.24) is 14.5 Å². The van der Waals surface area contributed by atoms with Gasteiger partial charge in [-0.3, -0.25) is 0 Å². The fraction of sp³-hybridized carbons (Fsp3) is 0.786. The van der Waals surface area contributed by atoms with Gasteiger partial charge in [0.15, 0.2) is 0 Å². The Labute approximate surface area is 109 Å². The average molecular weight is 248 g/mol. The van der Waals surface area contributed by atoms with E-state index in [1.165, 1.54) is 37.6 Å². The monoisotopic (exact) mass is 248 g/mol. The van der Waals surface area contributed by atoms with E-state index >= 15 is 0 Å². The highest BCUT2D eigenvalue weighted by Crippen LogP contribution is 2.22. The number of hydrogen-bond donors (Lipinski definition) is 1. The van der Waals surface area contributed by atoms with E-state index in [4.69, 9.17) is 10.7 Å². The molecule has 0 radical (unpaired) electrons. The first kappa shape index (κ1) is 12.2. The number of nitrogens with two attached hydrogens (primary N) is 1. The molecule has 3 rings (SSSR count). The van der Waals surface area contributed by atoms with Crippen LogP contribution >= 0.6 is 0 Å². The fourth-order valence-electron chi connectivity index (χ4n) is 3.29. The Bertz CT molecular complexity index is 412. The lowest BCUT2D eigenvalue weighted by molar-refractivity contribution is 0.341. The SMILES string of the molecule is CCN1CCC(Cc2cn3c(n2)CCC(N)C3)C1. The van der Waals surface area contributed by atoms with Crippen LogP contribution in [-0.4, -0.2) is 40.1 Å². The molecule has 100 valence electrons. The molecule has 2 N–H and O–H groups in total. The normalized spacial score (nSPS) is 28.6. The van der Waals surface area contributed by atoms with Crippen LogP contribution < -0.4 is 5.73 Å². The molecule has 2 atom stereocenters. The minimum absolute atomic E-state index is 0.321. The Kier molecular flexibility index (Phi) is 3.39. The molecule has 1 aromatic heterocycles. The zero-order chi connectivity index (χ0) is 12.5. The van der Waals surface area contributed by atoms with Gasteiger partial charge in [-0.15, -0.1) is 0 Å². The molecule has 0 saturated carbocycles. The number of likely N-dealkylation sites (tertiary alicyclic amines) is 1. The van der Waals surface area contributed by atoms with Crippen LogP contribution in [-0.2, 0) is 19.4 Å². The Balaban J connectivity index is 1.64. The molecular weight excluding hydrogens is 224 g/mol. The van der Waals surface area contributed by atoms with Gasteiger partial charge in [-0.1, -0.05) is 6.92 Å². The van der Waals surface area contributed by atoms with Crippen molar-refractivity contribution in [2.45, 2.75) is 45.2 Å². The van der Waals surface area contributed by atoms with Crippen LogP contribution in [0.5, 0.6) is 0 Å². The summed E-state index contributed by atoms with van der Waals surface area (Å²) in [6.07, 6.45) is 6.85. The van der Waals surface area contributed by atoms with Gasteiger partial charge in [0.25, 0.3) is 0 Å². The van der Waals surface area contributed by atoms with Crippen LogP contribution in [0.25, 0.3) is 0 Å². The van der Waals surface area contributed by atoms with Crippen LogP contribution in [0.15, 0.2) is 6.20 Å². The first-order valence-electron chi connectivity index (χ1n) is 7.27. The van der Waals surface area contributed by atoms with Crippen LogP contribution in [0.3, 0.4) is 0 Å². The van der Waals surface area contributed by atoms with Crippen molar-refractivity contribution >= 4 is 0 Å². The van der Waals surface area contributed by atoms with E-state index in [0.29, 0.717) is 6.04 Å². The second-order valence-electron chi connectivity index (χ2n) is 5.85. The van der Waals surface area contributed by atoms with E-state index in [-0.39, 0.29) is 0 Å². The van der Waals surface area contributed by atoms with Gasteiger partial charge < -0.3 is 15.2 Å². The molecule has 0 bridgehead atoms. The van der Waals surface area contributed by atoms with Crippen molar-refractivity contribution in [2.75, 3.05) is 19.6 Å². The number of hydrogen-bond acceptors (Lipinski definition) is 3. The van der Waals surface area contributed by atoms with Crippen molar-refractivity contribution in [3.05, 3.63) is 17.7 Å². The van der Waals surface area contributed by atoms with Gasteiger partial charge in [-0.05, 0) is 38.3 Å². The molecule has 0 aromatic carbocycles. The maximum Gasteiger partial charge on any atom is 0.109 e. The Hall–Kier alpha value is -0.870. The topological polar surface area (TPSA) is 47.1 Å². The Morgan fingerprint density at radius 2 is 2.28 bits per heavy atom. The average Bonchev–Trinajstić information content (AvgIpc) is 2.95. The lowest BCUT2D eigenvalue weighted by Gasteiger charge is -2.19. The molecule has 2 aliphatic heterocycles. The maximum absolute atomic E-state index is 6.00. The molecule has 0 aliphatic carbocycles. The van der Waals surface area contributed by atoms with Gasteiger partial charge in [0.05, 0.1) is 5.69 Å². The number of aromatic nitrogens is 2. The van der Waals surface area contributed by atoms with Gasteiger partial charge in [-0.2, -0.15) is 0 Å². The summed E-state index contributed by atoms with van der Waals surface area (Å²) in [7, 11) is 0. The first-order chi connectivity index (χ1) is 8.74. The van der Waals surface area contributed by atoms with Crippen molar-refractivity contribution in [1.29, 1.82) is 0 Å². The smallest absolute Gasteiger partial charge is 0.109 e. The van der Waals surface area contributed by atoms with Gasteiger partial charge >= 0.3 is 0 Å². The molecule has 3 heterocycles. The summed E-state index contributed by atoms with van der Waals surface area (Å²) in [4.78, 5) is 7.33. The molecule has 2 aliphatic rings. The number of aryl methyl sites for hydroxylation is 1. The number of nitrogens with zero attached hydrogens (tertiary/aromatic N) is 3. The quantitative estimate of drug-likeness (QED) is 0.869. The summed E-state index contributed by atoms with van der Waals surface area (Å²) in [5.41, 5.74) is 7.28. The third kappa shape index (κ3) is 2.45. The molecule has 1 saturated heterocycles. The molecule has 0 spiro atoms. The van der Waals surface area contributed by atoms with Crippen LogP contribution in [0.2, 0.25) is 0 Å². The second-order valence-corrected chi connectivity index (χ2v) is 5.85. The predicted octanol–water partition coefficient (Wildman–Crippen LogP) is 1.04. The molecule has 2 unspecified atom stereocenters. The second kappa shape index (κ2) is 5.02. The molecule has 1 aromatic rings. The fourth-order valence-corrected chi connectivity index (χ4v) is 3.29. The summed E-state index contributed by atoms with van der Waals surface area (Å²) in [6.45, 7) is 6.90.